The van der Waals surface area contributed by atoms with Gasteiger partial charge in [0, 0.05) is 16.5 Å². The Hall–Kier alpha value is -4.10. The smallest absolute Gasteiger partial charge is 0.0541 e. The zero-order valence-corrected chi connectivity index (χ0v) is 24.5. The van der Waals surface area contributed by atoms with Crippen LogP contribution in [-0.2, 0) is 17.3 Å². The van der Waals surface area contributed by atoms with Crippen molar-refractivity contribution in [3.05, 3.63) is 125 Å². The molecule has 1 aliphatic rings. The van der Waals surface area contributed by atoms with Crippen molar-refractivity contribution in [3.8, 4) is 27.9 Å². The molecular formula is C39H37N. The molecule has 5 aromatic carbocycles. The second kappa shape index (κ2) is 8.70. The van der Waals surface area contributed by atoms with Gasteiger partial charge in [-0.3, -0.25) is 0 Å². The topological polar surface area (TPSA) is 4.93 Å². The molecule has 1 aromatic heterocycles. The first-order valence-corrected chi connectivity index (χ1v) is 14.5. The van der Waals surface area contributed by atoms with Gasteiger partial charge in [0.25, 0.3) is 0 Å². The van der Waals surface area contributed by atoms with Crippen molar-refractivity contribution in [3.63, 3.8) is 0 Å². The standard InChI is InChI=1S/C39H37N/c1-38(2,3)27-16-20-36-34(23-27)35-24-28(39(4,5)6)17-21-37(35)40(36)29-18-14-25(15-19-29)30-12-9-13-32-31-11-8-7-10-26(31)22-33(30)32/h7-21,23-24H,22H2,1-6H3. The quantitative estimate of drug-likeness (QED) is 0.214. The van der Waals surface area contributed by atoms with Crippen LogP contribution < -0.4 is 0 Å². The van der Waals surface area contributed by atoms with Gasteiger partial charge in [0.1, 0.15) is 0 Å². The maximum absolute atomic E-state index is 2.44. The van der Waals surface area contributed by atoms with Crippen LogP contribution >= 0.6 is 0 Å². The SMILES string of the molecule is CC(C)(C)c1ccc2c(c1)c1cc(C(C)(C)C)ccc1n2-c1ccc(-c2cccc3c2Cc2ccccc2-3)cc1. The second-order valence-electron chi connectivity index (χ2n) is 13.5. The first-order valence-electron chi connectivity index (χ1n) is 14.5. The van der Waals surface area contributed by atoms with Crippen molar-refractivity contribution in [1.82, 2.24) is 4.57 Å². The molecule has 1 heteroatoms. The fourth-order valence-corrected chi connectivity index (χ4v) is 6.45. The molecule has 0 N–H and O–H groups in total. The molecule has 6 aromatic rings. The Bertz CT molecular complexity index is 1850. The van der Waals surface area contributed by atoms with Crippen LogP contribution in [0.25, 0.3) is 49.7 Å². The molecule has 1 heterocycles. The molecule has 0 fully saturated rings. The van der Waals surface area contributed by atoms with Crippen LogP contribution in [0.1, 0.15) is 63.8 Å². The van der Waals surface area contributed by atoms with Gasteiger partial charge in [-0.25, -0.2) is 0 Å². The molecule has 0 aliphatic heterocycles. The third-order valence-corrected chi connectivity index (χ3v) is 8.78. The summed E-state index contributed by atoms with van der Waals surface area (Å²) in [6.07, 6.45) is 1.00. The maximum atomic E-state index is 2.44. The fraction of sp³-hybridized carbons (Fsp3) is 0.231. The van der Waals surface area contributed by atoms with Crippen LogP contribution in [0.2, 0.25) is 0 Å². The Morgan fingerprint density at radius 2 is 1.07 bits per heavy atom. The lowest BCUT2D eigenvalue weighted by Crippen LogP contribution is -2.10. The van der Waals surface area contributed by atoms with Crippen molar-refractivity contribution in [1.29, 1.82) is 0 Å². The average Bonchev–Trinajstić information content (AvgIpc) is 3.47. The van der Waals surface area contributed by atoms with Crippen molar-refractivity contribution < 1.29 is 0 Å². The van der Waals surface area contributed by atoms with E-state index in [0.717, 1.165) is 6.42 Å². The number of hydrogen-bond donors (Lipinski definition) is 0. The Kier molecular flexibility index (Phi) is 5.42. The molecule has 0 saturated carbocycles. The summed E-state index contributed by atoms with van der Waals surface area (Å²) in [5.41, 5.74) is 14.9. The van der Waals surface area contributed by atoms with E-state index in [1.807, 2.05) is 0 Å². The summed E-state index contributed by atoms with van der Waals surface area (Å²) in [6.45, 7) is 13.8. The van der Waals surface area contributed by atoms with Gasteiger partial charge in [0.2, 0.25) is 0 Å². The van der Waals surface area contributed by atoms with Gasteiger partial charge in [-0.05, 0) is 98.2 Å². The van der Waals surface area contributed by atoms with Crippen LogP contribution in [-0.4, -0.2) is 4.57 Å². The van der Waals surface area contributed by atoms with Gasteiger partial charge in [-0.2, -0.15) is 0 Å². The van der Waals surface area contributed by atoms with Gasteiger partial charge in [-0.1, -0.05) is 108 Å². The number of benzene rings is 5. The highest BCUT2D eigenvalue weighted by molar-refractivity contribution is 6.10. The van der Waals surface area contributed by atoms with Crippen LogP contribution in [0.15, 0.2) is 103 Å². The van der Waals surface area contributed by atoms with E-state index in [9.17, 15) is 0 Å². The lowest BCUT2D eigenvalue weighted by Gasteiger charge is -2.19. The van der Waals surface area contributed by atoms with Gasteiger partial charge >= 0.3 is 0 Å². The average molecular weight is 520 g/mol. The normalized spacial score (nSPS) is 13.2. The third kappa shape index (κ3) is 3.91. The van der Waals surface area contributed by atoms with E-state index in [4.69, 9.17) is 0 Å². The van der Waals surface area contributed by atoms with E-state index in [0.29, 0.717) is 0 Å². The first kappa shape index (κ1) is 24.9. The Labute approximate surface area is 238 Å². The van der Waals surface area contributed by atoms with E-state index in [1.54, 1.807) is 0 Å². The van der Waals surface area contributed by atoms with Crippen molar-refractivity contribution in [2.45, 2.75) is 58.8 Å². The second-order valence-corrected chi connectivity index (χ2v) is 13.5. The van der Waals surface area contributed by atoms with E-state index < -0.39 is 0 Å². The minimum Gasteiger partial charge on any atom is -0.309 e. The summed E-state index contributed by atoms with van der Waals surface area (Å²) in [6, 6.07) is 38.9. The van der Waals surface area contributed by atoms with Gasteiger partial charge in [-0.15, -0.1) is 0 Å². The highest BCUT2D eigenvalue weighted by atomic mass is 15.0. The van der Waals surface area contributed by atoms with Crippen molar-refractivity contribution in [2.75, 3.05) is 0 Å². The molecular weight excluding hydrogens is 482 g/mol. The summed E-state index contributed by atoms with van der Waals surface area (Å²) >= 11 is 0. The third-order valence-electron chi connectivity index (χ3n) is 8.78. The highest BCUT2D eigenvalue weighted by Crippen LogP contribution is 2.42. The zero-order valence-electron chi connectivity index (χ0n) is 24.5. The molecule has 0 unspecified atom stereocenters. The number of hydrogen-bond acceptors (Lipinski definition) is 0. The first-order chi connectivity index (χ1) is 19.1. The van der Waals surface area contributed by atoms with E-state index >= 15 is 0 Å². The molecule has 1 aliphatic carbocycles. The number of fused-ring (bicyclic) bond motifs is 6. The van der Waals surface area contributed by atoms with Crippen LogP contribution in [0, 0.1) is 0 Å². The molecule has 40 heavy (non-hydrogen) atoms. The Balaban J connectivity index is 1.38. The summed E-state index contributed by atoms with van der Waals surface area (Å²) in [4.78, 5) is 0. The summed E-state index contributed by atoms with van der Waals surface area (Å²) in [5, 5.41) is 2.66. The fourth-order valence-electron chi connectivity index (χ4n) is 6.45. The number of aromatic nitrogens is 1. The van der Waals surface area contributed by atoms with Crippen LogP contribution in [0.3, 0.4) is 0 Å². The predicted octanol–water partition coefficient (Wildman–Crippen LogP) is 10.6. The molecule has 198 valence electrons. The summed E-state index contributed by atoms with van der Waals surface area (Å²) in [5.74, 6) is 0. The maximum Gasteiger partial charge on any atom is 0.0541 e. The molecule has 0 amide bonds. The molecule has 1 nitrogen and oxygen atoms in total. The van der Waals surface area contributed by atoms with Crippen LogP contribution in [0.4, 0.5) is 0 Å². The van der Waals surface area contributed by atoms with Gasteiger partial charge < -0.3 is 4.57 Å². The Morgan fingerprint density at radius 1 is 0.525 bits per heavy atom. The predicted molar refractivity (Wildman–Crippen MR) is 172 cm³/mol. The molecule has 7 rings (SSSR count). The van der Waals surface area contributed by atoms with E-state index in [2.05, 4.69) is 149 Å². The summed E-state index contributed by atoms with van der Waals surface area (Å²) in [7, 11) is 0. The zero-order chi connectivity index (χ0) is 27.8. The van der Waals surface area contributed by atoms with Crippen molar-refractivity contribution in [2.24, 2.45) is 0 Å². The largest absolute Gasteiger partial charge is 0.309 e. The lowest BCUT2D eigenvalue weighted by molar-refractivity contribution is 0.590. The molecule has 0 saturated heterocycles. The highest BCUT2D eigenvalue weighted by Gasteiger charge is 2.23. The molecule has 0 radical (unpaired) electrons. The van der Waals surface area contributed by atoms with Crippen LogP contribution in [0.5, 0.6) is 0 Å². The van der Waals surface area contributed by atoms with E-state index in [-0.39, 0.29) is 10.8 Å². The molecule has 0 bridgehead atoms. The van der Waals surface area contributed by atoms with E-state index in [1.165, 1.54) is 72.0 Å². The monoisotopic (exact) mass is 519 g/mol. The minimum atomic E-state index is 0.0987. The number of nitrogens with zero attached hydrogens (tertiary/aromatic N) is 1. The Morgan fingerprint density at radius 3 is 1.68 bits per heavy atom. The van der Waals surface area contributed by atoms with Crippen molar-refractivity contribution >= 4 is 21.8 Å². The lowest BCUT2D eigenvalue weighted by atomic mass is 9.85. The molecule has 0 spiro atoms. The number of rotatable bonds is 2. The summed E-state index contributed by atoms with van der Waals surface area (Å²) < 4.78 is 2.44. The molecule has 0 atom stereocenters. The van der Waals surface area contributed by atoms with Gasteiger partial charge in [0.15, 0.2) is 0 Å². The van der Waals surface area contributed by atoms with Gasteiger partial charge in [0.05, 0.1) is 11.0 Å². The minimum absolute atomic E-state index is 0.0987.